The lowest BCUT2D eigenvalue weighted by Crippen LogP contribution is -1.98. The van der Waals surface area contributed by atoms with E-state index in [4.69, 9.17) is 5.73 Å². The van der Waals surface area contributed by atoms with E-state index < -0.39 is 0 Å². The number of H-pyrrole nitrogens is 1. The van der Waals surface area contributed by atoms with Crippen LogP contribution in [-0.4, -0.2) is 20.0 Å². The lowest BCUT2D eigenvalue weighted by molar-refractivity contribution is 0.781. The van der Waals surface area contributed by atoms with Crippen LogP contribution in [0, 0.1) is 6.92 Å². The number of aryl methyl sites for hydroxylation is 2. The van der Waals surface area contributed by atoms with Crippen molar-refractivity contribution < 1.29 is 0 Å². The van der Waals surface area contributed by atoms with E-state index in [1.807, 2.05) is 14.0 Å². The van der Waals surface area contributed by atoms with Gasteiger partial charge in [-0.1, -0.05) is 6.92 Å². The zero-order valence-corrected chi connectivity index (χ0v) is 9.20. The molecule has 0 fully saturated rings. The van der Waals surface area contributed by atoms with Crippen molar-refractivity contribution >= 4 is 5.82 Å². The molecule has 5 heteroatoms. The SMILES string of the molecule is CCc1c(-c2cn[nH]c2C)nn(C)c1N. The Hall–Kier alpha value is -1.78. The number of aromatic nitrogens is 4. The first-order valence-electron chi connectivity index (χ1n) is 4.96. The molecule has 0 aromatic carbocycles. The van der Waals surface area contributed by atoms with Crippen molar-refractivity contribution in [1.29, 1.82) is 0 Å². The van der Waals surface area contributed by atoms with Crippen LogP contribution < -0.4 is 5.73 Å². The van der Waals surface area contributed by atoms with Crippen molar-refractivity contribution in [1.82, 2.24) is 20.0 Å². The predicted octanol–water partition coefficient (Wildman–Crippen LogP) is 1.26. The highest BCUT2D eigenvalue weighted by Gasteiger charge is 2.16. The second kappa shape index (κ2) is 3.42. The van der Waals surface area contributed by atoms with Crippen molar-refractivity contribution in [3.05, 3.63) is 17.5 Å². The van der Waals surface area contributed by atoms with Gasteiger partial charge in [0, 0.05) is 23.9 Å². The zero-order chi connectivity index (χ0) is 11.0. The van der Waals surface area contributed by atoms with Crippen LogP contribution in [0.1, 0.15) is 18.2 Å². The summed E-state index contributed by atoms with van der Waals surface area (Å²) >= 11 is 0. The van der Waals surface area contributed by atoms with Gasteiger partial charge >= 0.3 is 0 Å². The van der Waals surface area contributed by atoms with E-state index in [-0.39, 0.29) is 0 Å². The molecule has 15 heavy (non-hydrogen) atoms. The highest BCUT2D eigenvalue weighted by Crippen LogP contribution is 2.28. The quantitative estimate of drug-likeness (QED) is 0.775. The van der Waals surface area contributed by atoms with Crippen LogP contribution in [0.15, 0.2) is 6.20 Å². The van der Waals surface area contributed by atoms with Crippen LogP contribution in [0.3, 0.4) is 0 Å². The molecule has 0 bridgehead atoms. The number of nitrogens with zero attached hydrogens (tertiary/aromatic N) is 3. The molecule has 0 aliphatic heterocycles. The Kier molecular flexibility index (Phi) is 2.22. The Labute approximate surface area is 88.3 Å². The standard InChI is InChI=1S/C10H15N5/c1-4-7-9(14-15(3)10(7)11)8-5-12-13-6(8)2/h5H,4,11H2,1-3H3,(H,12,13). The summed E-state index contributed by atoms with van der Waals surface area (Å²) in [7, 11) is 1.85. The van der Waals surface area contributed by atoms with E-state index in [1.165, 1.54) is 0 Å². The van der Waals surface area contributed by atoms with Gasteiger partial charge in [0.05, 0.1) is 6.20 Å². The molecule has 2 heterocycles. The second-order valence-corrected chi connectivity index (χ2v) is 3.60. The van der Waals surface area contributed by atoms with E-state index in [9.17, 15) is 0 Å². The van der Waals surface area contributed by atoms with Crippen molar-refractivity contribution in [2.75, 3.05) is 5.73 Å². The maximum Gasteiger partial charge on any atom is 0.125 e. The fraction of sp³-hybridized carbons (Fsp3) is 0.400. The molecule has 0 spiro atoms. The lowest BCUT2D eigenvalue weighted by atomic mass is 10.1. The summed E-state index contributed by atoms with van der Waals surface area (Å²) in [6.45, 7) is 4.05. The number of anilines is 1. The molecule has 0 radical (unpaired) electrons. The minimum absolute atomic E-state index is 0.730. The van der Waals surface area contributed by atoms with Crippen LogP contribution in [0.25, 0.3) is 11.3 Å². The molecule has 3 N–H and O–H groups in total. The number of nitrogen functional groups attached to an aromatic ring is 1. The van der Waals surface area contributed by atoms with Gasteiger partial charge in [-0.25, -0.2) is 0 Å². The van der Waals surface area contributed by atoms with Crippen molar-refractivity contribution in [3.63, 3.8) is 0 Å². The fourth-order valence-electron chi connectivity index (χ4n) is 1.74. The maximum absolute atomic E-state index is 5.94. The van der Waals surface area contributed by atoms with E-state index in [0.29, 0.717) is 0 Å². The van der Waals surface area contributed by atoms with Crippen LogP contribution in [0.5, 0.6) is 0 Å². The van der Waals surface area contributed by atoms with Gasteiger partial charge in [-0.15, -0.1) is 0 Å². The van der Waals surface area contributed by atoms with E-state index in [2.05, 4.69) is 22.2 Å². The molecule has 0 atom stereocenters. The molecule has 0 aliphatic rings. The average Bonchev–Trinajstić information content (AvgIpc) is 2.73. The number of aromatic amines is 1. The lowest BCUT2D eigenvalue weighted by Gasteiger charge is -1.98. The third kappa shape index (κ3) is 1.40. The minimum Gasteiger partial charge on any atom is -0.384 e. The number of hydrogen-bond acceptors (Lipinski definition) is 3. The normalized spacial score (nSPS) is 10.9. The van der Waals surface area contributed by atoms with Crippen molar-refractivity contribution in [2.45, 2.75) is 20.3 Å². The molecular weight excluding hydrogens is 190 g/mol. The van der Waals surface area contributed by atoms with E-state index >= 15 is 0 Å². The first-order valence-corrected chi connectivity index (χ1v) is 4.96. The van der Waals surface area contributed by atoms with Gasteiger partial charge in [0.1, 0.15) is 11.5 Å². The van der Waals surface area contributed by atoms with Gasteiger partial charge in [0.15, 0.2) is 0 Å². The predicted molar refractivity (Wildman–Crippen MR) is 59.3 cm³/mol. The first kappa shape index (κ1) is 9.76. The Bertz CT molecular complexity index is 480. The Morgan fingerprint density at radius 3 is 2.80 bits per heavy atom. The highest BCUT2D eigenvalue weighted by molar-refractivity contribution is 5.69. The van der Waals surface area contributed by atoms with Crippen LogP contribution in [0.2, 0.25) is 0 Å². The topological polar surface area (TPSA) is 72.5 Å². The molecule has 0 unspecified atom stereocenters. The molecular formula is C10H15N5. The first-order chi connectivity index (χ1) is 7.15. The average molecular weight is 205 g/mol. The number of nitrogens with two attached hydrogens (primary N) is 1. The number of hydrogen-bond donors (Lipinski definition) is 2. The smallest absolute Gasteiger partial charge is 0.125 e. The van der Waals surface area contributed by atoms with Crippen LogP contribution >= 0.6 is 0 Å². The summed E-state index contributed by atoms with van der Waals surface area (Å²) < 4.78 is 1.71. The van der Waals surface area contributed by atoms with Crippen LogP contribution in [0.4, 0.5) is 5.82 Å². The zero-order valence-electron chi connectivity index (χ0n) is 9.20. The molecule has 2 aromatic heterocycles. The summed E-state index contributed by atoms with van der Waals surface area (Å²) in [5.41, 5.74) is 10.0. The Morgan fingerprint density at radius 2 is 2.27 bits per heavy atom. The third-order valence-electron chi connectivity index (χ3n) is 2.63. The monoisotopic (exact) mass is 205 g/mol. The summed E-state index contributed by atoms with van der Waals surface area (Å²) in [4.78, 5) is 0. The maximum atomic E-state index is 5.94. The van der Waals surface area contributed by atoms with Gasteiger partial charge in [-0.05, 0) is 13.3 Å². The van der Waals surface area contributed by atoms with Crippen molar-refractivity contribution in [3.8, 4) is 11.3 Å². The molecule has 0 saturated carbocycles. The molecule has 80 valence electrons. The van der Waals surface area contributed by atoms with Crippen LogP contribution in [-0.2, 0) is 13.5 Å². The molecule has 5 nitrogen and oxygen atoms in total. The number of nitrogens with one attached hydrogen (secondary N) is 1. The Morgan fingerprint density at radius 1 is 1.53 bits per heavy atom. The largest absolute Gasteiger partial charge is 0.384 e. The van der Waals surface area contributed by atoms with E-state index in [0.717, 1.165) is 34.8 Å². The summed E-state index contributed by atoms with van der Waals surface area (Å²) in [5, 5.41) is 11.3. The summed E-state index contributed by atoms with van der Waals surface area (Å²) in [5.74, 6) is 0.730. The fourth-order valence-corrected chi connectivity index (χ4v) is 1.74. The third-order valence-corrected chi connectivity index (χ3v) is 2.63. The minimum atomic E-state index is 0.730. The van der Waals surface area contributed by atoms with Gasteiger partial charge in [-0.3, -0.25) is 9.78 Å². The molecule has 0 aliphatic carbocycles. The number of rotatable bonds is 2. The Balaban J connectivity index is 2.63. The van der Waals surface area contributed by atoms with E-state index in [1.54, 1.807) is 10.9 Å². The van der Waals surface area contributed by atoms with Gasteiger partial charge in [0.25, 0.3) is 0 Å². The van der Waals surface area contributed by atoms with Crippen molar-refractivity contribution in [2.24, 2.45) is 7.05 Å². The molecule has 0 amide bonds. The van der Waals surface area contributed by atoms with Gasteiger partial charge in [0.2, 0.25) is 0 Å². The molecule has 0 saturated heterocycles. The molecule has 2 aromatic rings. The summed E-state index contributed by atoms with van der Waals surface area (Å²) in [6.07, 6.45) is 2.66. The van der Waals surface area contributed by atoms with Gasteiger partial charge in [-0.2, -0.15) is 10.2 Å². The second-order valence-electron chi connectivity index (χ2n) is 3.60. The van der Waals surface area contributed by atoms with Gasteiger partial charge < -0.3 is 5.73 Å². The highest BCUT2D eigenvalue weighted by atomic mass is 15.3. The summed E-state index contributed by atoms with van der Waals surface area (Å²) in [6, 6.07) is 0. The molecule has 2 rings (SSSR count).